The predicted molar refractivity (Wildman–Crippen MR) is 336 cm³/mol. The van der Waals surface area contributed by atoms with Crippen LogP contribution in [-0.4, -0.2) is 56.6 Å². The minimum Gasteiger partial charge on any atom is -0.491 e. The van der Waals surface area contributed by atoms with E-state index in [9.17, 15) is 10.5 Å². The first-order valence-corrected chi connectivity index (χ1v) is 44.7. The molecule has 0 aliphatic carbocycles. The summed E-state index contributed by atoms with van der Waals surface area (Å²) in [5.74, 6) is 2.17. The Kier molecular flexibility index (Phi) is 28.0. The number of thioether (sulfide) groups is 2. The normalized spacial score (nSPS) is 10.2. The van der Waals surface area contributed by atoms with Gasteiger partial charge in [-0.05, 0) is 59.7 Å². The molecule has 8 aromatic rings. The van der Waals surface area contributed by atoms with Crippen molar-refractivity contribution >= 4 is 173 Å². The topological polar surface area (TPSA) is 193 Å². The third kappa shape index (κ3) is 18.0. The first-order chi connectivity index (χ1) is 36.5. The van der Waals surface area contributed by atoms with Crippen LogP contribution in [0.3, 0.4) is 0 Å². The Bertz CT molecular complexity index is 3120. The molecule has 0 fully saturated rings. The van der Waals surface area contributed by atoms with Crippen LogP contribution in [0.15, 0.2) is 118 Å². The summed E-state index contributed by atoms with van der Waals surface area (Å²) < 4.78 is 10.8. The van der Waals surface area contributed by atoms with E-state index in [2.05, 4.69) is 116 Å². The summed E-state index contributed by atoms with van der Waals surface area (Å²) >= 11 is 33.6. The zero-order valence-corrected chi connectivity index (χ0v) is 54.5. The fourth-order valence-corrected chi connectivity index (χ4v) is 10.7. The average Bonchev–Trinajstić information content (AvgIpc) is 4.13. The van der Waals surface area contributed by atoms with Gasteiger partial charge < -0.3 is 25.4 Å². The van der Waals surface area contributed by atoms with Crippen LogP contribution in [0.5, 0.6) is 11.5 Å². The van der Waals surface area contributed by atoms with Crippen molar-refractivity contribution in [3.63, 3.8) is 0 Å². The maximum Gasteiger partial charge on any atom is 0.236 e. The zero-order chi connectivity index (χ0) is 54.3. The SMILES string of the molecule is II.I[I-]I.[C-]#[N+]c1c(Cl)nc(SCc2csc(-c3ccc(Cl)cc3)n2)c(C#N)c1-c1ccc(OCCO)cc1.[C-]#[N+]c1c(N)nc(SCc2csc(-c3ccc(Cl)cc3)n2)c(C#N)c1-c1ccc(OCCO)cc1. The number of nitriles is 2. The van der Waals surface area contributed by atoms with E-state index >= 15 is 0 Å². The number of pyridine rings is 2. The Morgan fingerprint density at radius 1 is 0.613 bits per heavy atom. The number of nitrogens with two attached hydrogens (primary N) is 1. The van der Waals surface area contributed by atoms with Crippen LogP contribution in [0.1, 0.15) is 22.5 Å². The maximum atomic E-state index is 9.99. The molecule has 13 nitrogen and oxygen atoms in total. The van der Waals surface area contributed by atoms with Crippen LogP contribution in [0.4, 0.5) is 17.2 Å². The largest absolute Gasteiger partial charge is 0.491 e. The summed E-state index contributed by atoms with van der Waals surface area (Å²) in [4.78, 5) is 25.2. The molecular formula is C50H34Cl3I5N9O4S4-. The second kappa shape index (κ2) is 33.4. The second-order valence-corrected chi connectivity index (χ2v) is 35.4. The summed E-state index contributed by atoms with van der Waals surface area (Å²) in [6.45, 7) is 15.4. The van der Waals surface area contributed by atoms with Gasteiger partial charge in [-0.3, -0.25) is 0 Å². The number of halogens is 8. The summed E-state index contributed by atoms with van der Waals surface area (Å²) in [6.07, 6.45) is 0. The van der Waals surface area contributed by atoms with Crippen molar-refractivity contribution in [2.24, 2.45) is 0 Å². The second-order valence-electron chi connectivity index (χ2n) is 14.3. The molecule has 4 aromatic heterocycles. The van der Waals surface area contributed by atoms with Gasteiger partial charge in [0, 0.05) is 91.8 Å². The number of rotatable bonds is 16. The summed E-state index contributed by atoms with van der Waals surface area (Å²) in [5, 5.41) is 45.8. The molecule has 384 valence electrons. The van der Waals surface area contributed by atoms with E-state index in [0.717, 1.165) is 32.5 Å². The Morgan fingerprint density at radius 3 is 1.36 bits per heavy atom. The van der Waals surface area contributed by atoms with Gasteiger partial charge in [-0.15, -0.1) is 22.7 Å². The molecule has 0 unspecified atom stereocenters. The molecule has 4 heterocycles. The molecule has 75 heavy (non-hydrogen) atoms. The zero-order valence-electron chi connectivity index (χ0n) is 38.2. The van der Waals surface area contributed by atoms with Crippen LogP contribution >= 0.6 is 155 Å². The van der Waals surface area contributed by atoms with Gasteiger partial charge in [0.15, 0.2) is 0 Å². The maximum absolute atomic E-state index is 9.99. The van der Waals surface area contributed by atoms with Gasteiger partial charge >= 0.3 is 50.5 Å². The number of aliphatic hydroxyl groups excluding tert-OH is 2. The summed E-state index contributed by atoms with van der Waals surface area (Å²) in [7, 11) is 0. The predicted octanol–water partition coefficient (Wildman–Crippen LogP) is 14.0. The van der Waals surface area contributed by atoms with Crippen LogP contribution in [-0.2, 0) is 11.5 Å². The van der Waals surface area contributed by atoms with E-state index in [1.54, 1.807) is 48.5 Å². The van der Waals surface area contributed by atoms with E-state index in [0.29, 0.717) is 78.6 Å². The van der Waals surface area contributed by atoms with Gasteiger partial charge in [-0.1, -0.05) is 107 Å². The molecule has 0 amide bonds. The summed E-state index contributed by atoms with van der Waals surface area (Å²) in [6, 6.07) is 33.3. The Labute approximate surface area is 518 Å². The molecule has 4 N–H and O–H groups in total. The van der Waals surface area contributed by atoms with Gasteiger partial charge in [0.1, 0.15) is 67.9 Å². The third-order valence-electron chi connectivity index (χ3n) is 9.71. The van der Waals surface area contributed by atoms with Gasteiger partial charge in [-0.2, -0.15) is 10.5 Å². The van der Waals surface area contributed by atoms with Crippen molar-refractivity contribution < 1.29 is 32.9 Å². The van der Waals surface area contributed by atoms with E-state index in [4.69, 9.17) is 73.4 Å². The Hall–Kier alpha value is -3.06. The van der Waals surface area contributed by atoms with Gasteiger partial charge in [-0.25, -0.2) is 29.6 Å². The van der Waals surface area contributed by atoms with E-state index in [1.165, 1.54) is 46.2 Å². The van der Waals surface area contributed by atoms with Crippen LogP contribution in [0.25, 0.3) is 53.1 Å². The van der Waals surface area contributed by atoms with Crippen molar-refractivity contribution in [1.82, 2.24) is 19.9 Å². The number of aromatic nitrogens is 4. The van der Waals surface area contributed by atoms with Gasteiger partial charge in [0.2, 0.25) is 11.4 Å². The number of ether oxygens (including phenoxy) is 2. The minimum atomic E-state index is -0.0943. The fraction of sp³-hybridized carbons (Fsp3) is 0.120. The number of anilines is 1. The van der Waals surface area contributed by atoms with Crippen molar-refractivity contribution in [1.29, 1.82) is 10.5 Å². The molecule has 0 saturated carbocycles. The van der Waals surface area contributed by atoms with Gasteiger partial charge in [0.25, 0.3) is 0 Å². The molecule has 0 radical (unpaired) electrons. The number of nitrogens with zero attached hydrogens (tertiary/aromatic N) is 8. The number of hydrogen-bond donors (Lipinski definition) is 3. The standard InChI is InChI=1S/C25H16Cl2N4O2S2.C25H18ClN5O2S2.I3.I2/c1-29-22-21(15-4-8-19(9-5-15)33-11-10-32)20(12-28)25(31-23(22)27)35-14-18-13-34-24(30-18)16-2-6-17(26)7-3-16;1-29-22-21(15-4-8-19(9-5-15)33-11-10-32)20(12-27)25(31-23(22)28)35-14-18-13-34-24(30-18)16-2-6-17(26)7-3-16;1-3-2;1-2/h2-9,13,32H,10-11,14H2;2-9,13,32H,10-11,14H2,(H2,28,31);;/q;;-1;. The van der Waals surface area contributed by atoms with Crippen LogP contribution in [0.2, 0.25) is 15.2 Å². The first kappa shape index (κ1) is 62.8. The van der Waals surface area contributed by atoms with Crippen molar-refractivity contribution in [2.45, 2.75) is 21.6 Å². The van der Waals surface area contributed by atoms with E-state index < -0.39 is 0 Å². The van der Waals surface area contributed by atoms with Crippen molar-refractivity contribution in [3.8, 4) is 67.0 Å². The molecule has 0 bridgehead atoms. The van der Waals surface area contributed by atoms with Crippen molar-refractivity contribution in [2.75, 3.05) is 32.2 Å². The number of thiazole rings is 2. The molecule has 0 aliphatic heterocycles. The van der Waals surface area contributed by atoms with Crippen LogP contribution < -0.4 is 28.5 Å². The fourth-order valence-electron chi connectivity index (χ4n) is 6.54. The molecule has 4 aromatic carbocycles. The Morgan fingerprint density at radius 2 is 0.987 bits per heavy atom. The van der Waals surface area contributed by atoms with Crippen LogP contribution in [0, 0.1) is 35.8 Å². The third-order valence-corrected chi connectivity index (χ3v) is 14.4. The number of benzene rings is 4. The van der Waals surface area contributed by atoms with E-state index in [1.807, 2.05) is 59.3 Å². The molecular weight excluding hydrogens is 1660 g/mol. The van der Waals surface area contributed by atoms with E-state index in [-0.39, 0.29) is 59.9 Å². The monoisotopic (exact) mass is 1690 g/mol. The van der Waals surface area contributed by atoms with Crippen molar-refractivity contribution in [3.05, 3.63) is 168 Å². The Balaban J connectivity index is 0.000000256. The summed E-state index contributed by atoms with van der Waals surface area (Å²) in [5.41, 5.74) is 12.7. The average molecular weight is 1690 g/mol. The minimum absolute atomic E-state index is 0.0391. The molecule has 8 rings (SSSR count). The molecule has 0 aliphatic rings. The van der Waals surface area contributed by atoms with Gasteiger partial charge in [0.05, 0.1) is 48.9 Å². The number of nitrogen functional groups attached to an aromatic ring is 1. The number of hydrogen-bond acceptors (Lipinski definition) is 15. The molecule has 0 spiro atoms. The first-order valence-electron chi connectivity index (χ1n) is 21.0. The molecule has 0 saturated heterocycles. The quantitative estimate of drug-likeness (QED) is 0.0358. The molecule has 0 atom stereocenters. The smallest absolute Gasteiger partial charge is 0.236 e. The molecule has 25 heteroatoms. The number of aliphatic hydroxyl groups is 2.